The number of nitrogens with zero attached hydrogens (tertiary/aromatic N) is 5. The highest BCUT2D eigenvalue weighted by molar-refractivity contribution is 5.95. The third kappa shape index (κ3) is 4.67. The third-order valence-corrected chi connectivity index (χ3v) is 5.74. The van der Waals surface area contributed by atoms with Crippen LogP contribution < -0.4 is 4.90 Å². The number of hydrogen-bond acceptors (Lipinski definition) is 4. The Morgan fingerprint density at radius 3 is 2.41 bits per heavy atom. The number of fused-ring (bicyclic) bond motifs is 1. The molecule has 29 heavy (non-hydrogen) atoms. The summed E-state index contributed by atoms with van der Waals surface area (Å²) in [6.45, 7) is 7.62. The van der Waals surface area contributed by atoms with Crippen LogP contribution in [0.15, 0.2) is 36.4 Å². The molecule has 7 heteroatoms. The van der Waals surface area contributed by atoms with E-state index < -0.39 is 0 Å². The molecule has 154 valence electrons. The van der Waals surface area contributed by atoms with Crippen LogP contribution in [0.4, 0.5) is 5.82 Å². The monoisotopic (exact) mass is 395 g/mol. The SMILES string of the molecule is Cc1cc2n(n1)CCCN2C(=O)CCC(=O)N1CCN(Cc2ccccc2)CC1. The molecule has 2 aromatic rings. The van der Waals surface area contributed by atoms with Crippen LogP contribution in [0.25, 0.3) is 0 Å². The molecule has 2 aliphatic rings. The van der Waals surface area contributed by atoms with Crippen molar-refractivity contribution in [3.05, 3.63) is 47.7 Å². The Morgan fingerprint density at radius 2 is 1.66 bits per heavy atom. The highest BCUT2D eigenvalue weighted by Crippen LogP contribution is 2.22. The number of anilines is 1. The van der Waals surface area contributed by atoms with Crippen LogP contribution in [0.1, 0.15) is 30.5 Å². The fourth-order valence-electron chi connectivity index (χ4n) is 4.16. The van der Waals surface area contributed by atoms with Gasteiger partial charge in [0.2, 0.25) is 11.8 Å². The number of aryl methyl sites for hydroxylation is 2. The van der Waals surface area contributed by atoms with Gasteiger partial charge >= 0.3 is 0 Å². The first-order valence-electron chi connectivity index (χ1n) is 10.5. The lowest BCUT2D eigenvalue weighted by molar-refractivity contribution is -0.134. The van der Waals surface area contributed by atoms with E-state index in [1.54, 1.807) is 4.90 Å². The fraction of sp³-hybridized carbons (Fsp3) is 0.500. The lowest BCUT2D eigenvalue weighted by Gasteiger charge is -2.35. The van der Waals surface area contributed by atoms with E-state index in [-0.39, 0.29) is 24.7 Å². The number of amides is 2. The number of rotatable bonds is 5. The van der Waals surface area contributed by atoms with Crippen molar-refractivity contribution < 1.29 is 9.59 Å². The number of carbonyl (C=O) groups is 2. The zero-order chi connectivity index (χ0) is 20.2. The molecule has 0 atom stereocenters. The zero-order valence-corrected chi connectivity index (χ0v) is 17.1. The number of piperazine rings is 1. The molecule has 1 saturated heterocycles. The van der Waals surface area contributed by atoms with Crippen LogP contribution >= 0.6 is 0 Å². The summed E-state index contributed by atoms with van der Waals surface area (Å²) in [5.74, 6) is 0.960. The first-order chi connectivity index (χ1) is 14.1. The molecule has 4 rings (SSSR count). The maximum absolute atomic E-state index is 12.7. The first-order valence-corrected chi connectivity index (χ1v) is 10.5. The summed E-state index contributed by atoms with van der Waals surface area (Å²) < 4.78 is 1.89. The Kier molecular flexibility index (Phi) is 5.94. The predicted octanol–water partition coefficient (Wildman–Crippen LogP) is 2.05. The summed E-state index contributed by atoms with van der Waals surface area (Å²) in [6, 6.07) is 12.4. The van der Waals surface area contributed by atoms with E-state index in [9.17, 15) is 9.59 Å². The Bertz CT molecular complexity index is 855. The van der Waals surface area contributed by atoms with Gasteiger partial charge < -0.3 is 4.90 Å². The van der Waals surface area contributed by atoms with Gasteiger partial charge in [0.15, 0.2) is 0 Å². The molecule has 0 bridgehead atoms. The van der Waals surface area contributed by atoms with Crippen molar-refractivity contribution >= 4 is 17.6 Å². The summed E-state index contributed by atoms with van der Waals surface area (Å²) in [7, 11) is 0. The smallest absolute Gasteiger partial charge is 0.228 e. The molecular weight excluding hydrogens is 366 g/mol. The molecule has 1 aromatic carbocycles. The van der Waals surface area contributed by atoms with E-state index in [4.69, 9.17) is 0 Å². The van der Waals surface area contributed by atoms with Crippen molar-refractivity contribution in [2.24, 2.45) is 0 Å². The minimum absolute atomic E-state index is 0.0157. The summed E-state index contributed by atoms with van der Waals surface area (Å²) >= 11 is 0. The zero-order valence-electron chi connectivity index (χ0n) is 17.1. The maximum atomic E-state index is 12.7. The van der Waals surface area contributed by atoms with Crippen molar-refractivity contribution in [1.29, 1.82) is 0 Å². The largest absolute Gasteiger partial charge is 0.340 e. The van der Waals surface area contributed by atoms with E-state index in [1.165, 1.54) is 5.56 Å². The quantitative estimate of drug-likeness (QED) is 0.777. The molecule has 7 nitrogen and oxygen atoms in total. The van der Waals surface area contributed by atoms with Crippen LogP contribution in [0, 0.1) is 6.92 Å². The van der Waals surface area contributed by atoms with Gasteiger partial charge in [-0.05, 0) is 18.9 Å². The average molecular weight is 396 g/mol. The van der Waals surface area contributed by atoms with Crippen molar-refractivity contribution in [2.75, 3.05) is 37.6 Å². The molecule has 1 fully saturated rings. The van der Waals surface area contributed by atoms with Crippen molar-refractivity contribution in [3.63, 3.8) is 0 Å². The molecule has 0 radical (unpaired) electrons. The van der Waals surface area contributed by atoms with Crippen molar-refractivity contribution in [1.82, 2.24) is 19.6 Å². The Labute approximate surface area is 171 Å². The number of carbonyl (C=O) groups excluding carboxylic acids is 2. The molecule has 2 aliphatic heterocycles. The van der Waals surface area contributed by atoms with Gasteiger partial charge in [-0.1, -0.05) is 30.3 Å². The highest BCUT2D eigenvalue weighted by Gasteiger charge is 2.26. The highest BCUT2D eigenvalue weighted by atomic mass is 16.2. The Hall–Kier alpha value is -2.67. The van der Waals surface area contributed by atoms with Gasteiger partial charge in [-0.25, -0.2) is 4.68 Å². The van der Waals surface area contributed by atoms with Crippen LogP contribution in [-0.4, -0.2) is 64.1 Å². The lowest BCUT2D eigenvalue weighted by atomic mass is 10.2. The number of aromatic nitrogens is 2. The van der Waals surface area contributed by atoms with E-state index in [0.717, 1.165) is 57.2 Å². The normalized spacial score (nSPS) is 17.3. The average Bonchev–Trinajstić information content (AvgIpc) is 3.13. The molecule has 0 spiro atoms. The molecule has 1 aromatic heterocycles. The second-order valence-electron chi connectivity index (χ2n) is 7.91. The summed E-state index contributed by atoms with van der Waals surface area (Å²) in [4.78, 5) is 31.4. The predicted molar refractivity (Wildman–Crippen MR) is 111 cm³/mol. The first kappa shape index (κ1) is 19.6. The Morgan fingerprint density at radius 1 is 0.931 bits per heavy atom. The topological polar surface area (TPSA) is 61.7 Å². The summed E-state index contributed by atoms with van der Waals surface area (Å²) in [5, 5.41) is 4.43. The van der Waals surface area contributed by atoms with Gasteiger partial charge in [-0.2, -0.15) is 5.10 Å². The molecular formula is C22H29N5O2. The fourth-order valence-corrected chi connectivity index (χ4v) is 4.16. The maximum Gasteiger partial charge on any atom is 0.228 e. The van der Waals surface area contributed by atoms with Gasteiger partial charge in [0, 0.05) is 64.7 Å². The van der Waals surface area contributed by atoms with E-state index >= 15 is 0 Å². The molecule has 2 amide bonds. The van der Waals surface area contributed by atoms with E-state index in [2.05, 4.69) is 34.3 Å². The second kappa shape index (κ2) is 8.78. The van der Waals surface area contributed by atoms with Gasteiger partial charge in [0.05, 0.1) is 5.69 Å². The number of hydrogen-bond donors (Lipinski definition) is 0. The van der Waals surface area contributed by atoms with Gasteiger partial charge in [-0.3, -0.25) is 19.4 Å². The van der Waals surface area contributed by atoms with Crippen LogP contribution in [0.2, 0.25) is 0 Å². The molecule has 0 N–H and O–H groups in total. The summed E-state index contributed by atoms with van der Waals surface area (Å²) in [6.07, 6.45) is 1.44. The van der Waals surface area contributed by atoms with E-state index in [0.29, 0.717) is 6.54 Å². The lowest BCUT2D eigenvalue weighted by Crippen LogP contribution is -2.48. The standard InChI is InChI=1S/C22H29N5O2/c1-18-16-20-26(10-5-11-27(20)23-18)22(29)9-8-21(28)25-14-12-24(13-15-25)17-19-6-3-2-4-7-19/h2-4,6-7,16H,5,8-15,17H2,1H3. The van der Waals surface area contributed by atoms with Gasteiger partial charge in [0.1, 0.15) is 5.82 Å². The van der Waals surface area contributed by atoms with Crippen molar-refractivity contribution in [3.8, 4) is 0 Å². The Balaban J connectivity index is 1.24. The van der Waals surface area contributed by atoms with Crippen LogP contribution in [-0.2, 0) is 22.7 Å². The third-order valence-electron chi connectivity index (χ3n) is 5.74. The van der Waals surface area contributed by atoms with Gasteiger partial charge in [-0.15, -0.1) is 0 Å². The molecule has 0 saturated carbocycles. The molecule has 3 heterocycles. The van der Waals surface area contributed by atoms with Crippen LogP contribution in [0.5, 0.6) is 0 Å². The van der Waals surface area contributed by atoms with Crippen molar-refractivity contribution in [2.45, 2.75) is 39.3 Å². The molecule has 0 aliphatic carbocycles. The minimum Gasteiger partial charge on any atom is -0.340 e. The second-order valence-corrected chi connectivity index (χ2v) is 7.91. The minimum atomic E-state index is 0.0157. The van der Waals surface area contributed by atoms with Crippen LogP contribution in [0.3, 0.4) is 0 Å². The molecule has 0 unspecified atom stereocenters. The number of benzene rings is 1. The van der Waals surface area contributed by atoms with E-state index in [1.807, 2.05) is 28.6 Å². The summed E-state index contributed by atoms with van der Waals surface area (Å²) in [5.41, 5.74) is 2.22. The van der Waals surface area contributed by atoms with Gasteiger partial charge in [0.25, 0.3) is 0 Å².